The van der Waals surface area contributed by atoms with E-state index in [-0.39, 0.29) is 18.2 Å². The number of hydrogen-bond acceptors (Lipinski definition) is 6. The van der Waals surface area contributed by atoms with Crippen LogP contribution in [-0.4, -0.2) is 46.3 Å². The summed E-state index contributed by atoms with van der Waals surface area (Å²) in [5.74, 6) is 0.717. The highest BCUT2D eigenvalue weighted by Crippen LogP contribution is 2.16. The maximum atomic E-state index is 11.8. The number of carbonyl (C=O) groups is 2. The van der Waals surface area contributed by atoms with Crippen molar-refractivity contribution in [3.05, 3.63) is 12.4 Å². The maximum absolute atomic E-state index is 11.8. The van der Waals surface area contributed by atoms with Crippen LogP contribution >= 0.6 is 0 Å². The van der Waals surface area contributed by atoms with E-state index in [0.717, 1.165) is 17.9 Å². The zero-order valence-corrected chi connectivity index (χ0v) is 11.0. The Hall–Kier alpha value is -2.18. The van der Waals surface area contributed by atoms with Gasteiger partial charge >= 0.3 is 0 Å². The molecule has 0 spiro atoms. The molecule has 1 aromatic rings. The Morgan fingerprint density at radius 2 is 2.11 bits per heavy atom. The molecule has 2 N–H and O–H groups in total. The topological polar surface area (TPSA) is 87.2 Å². The maximum Gasteiger partial charge on any atom is 0.251 e. The molecule has 1 aromatic heterocycles. The van der Waals surface area contributed by atoms with Crippen molar-refractivity contribution in [3.8, 4) is 0 Å². The molecule has 1 fully saturated rings. The molecule has 19 heavy (non-hydrogen) atoms. The van der Waals surface area contributed by atoms with Gasteiger partial charge in [-0.1, -0.05) is 6.92 Å². The zero-order valence-electron chi connectivity index (χ0n) is 11.0. The number of nitrogens with zero attached hydrogens (tertiary/aromatic N) is 3. The minimum atomic E-state index is -0.548. The van der Waals surface area contributed by atoms with Crippen molar-refractivity contribution in [1.82, 2.24) is 14.9 Å². The third-order valence-electron chi connectivity index (χ3n) is 2.89. The Bertz CT molecular complexity index is 491. The van der Waals surface area contributed by atoms with Crippen LogP contribution < -0.4 is 10.6 Å². The number of likely N-dealkylation sites (tertiary alicyclic amines) is 1. The van der Waals surface area contributed by atoms with Crippen molar-refractivity contribution in [3.63, 3.8) is 0 Å². The van der Waals surface area contributed by atoms with Crippen molar-refractivity contribution in [2.24, 2.45) is 0 Å². The molecule has 1 aliphatic heterocycles. The number of amides is 2. The van der Waals surface area contributed by atoms with Gasteiger partial charge in [0, 0.05) is 13.6 Å². The summed E-state index contributed by atoms with van der Waals surface area (Å²) < 4.78 is 0. The summed E-state index contributed by atoms with van der Waals surface area (Å²) in [5, 5.41) is 6.06. The summed E-state index contributed by atoms with van der Waals surface area (Å²) >= 11 is 0. The van der Waals surface area contributed by atoms with Crippen LogP contribution in [0.2, 0.25) is 0 Å². The van der Waals surface area contributed by atoms with E-state index >= 15 is 0 Å². The SMILES string of the molecule is CCCNc1cncc(NC2CC(=O)N(C)C2=O)n1. The lowest BCUT2D eigenvalue weighted by molar-refractivity contribution is -0.136. The van der Waals surface area contributed by atoms with Crippen LogP contribution in [0.1, 0.15) is 19.8 Å². The average Bonchev–Trinajstić information content (AvgIpc) is 2.64. The summed E-state index contributed by atoms with van der Waals surface area (Å²) in [6.07, 6.45) is 4.30. The molecule has 0 saturated carbocycles. The van der Waals surface area contributed by atoms with Gasteiger partial charge < -0.3 is 10.6 Å². The number of nitrogens with one attached hydrogen (secondary N) is 2. The number of carbonyl (C=O) groups excluding carboxylic acids is 2. The smallest absolute Gasteiger partial charge is 0.251 e. The largest absolute Gasteiger partial charge is 0.369 e. The van der Waals surface area contributed by atoms with Gasteiger partial charge in [0.1, 0.15) is 17.7 Å². The fourth-order valence-corrected chi connectivity index (χ4v) is 1.82. The lowest BCUT2D eigenvalue weighted by Crippen LogP contribution is -2.32. The van der Waals surface area contributed by atoms with Crippen LogP contribution in [0.25, 0.3) is 0 Å². The predicted octanol–water partition coefficient (Wildman–Crippen LogP) is 0.468. The quantitative estimate of drug-likeness (QED) is 0.751. The Kier molecular flexibility index (Phi) is 3.94. The standard InChI is InChI=1S/C12H17N5O2/c1-3-4-14-9-6-13-7-10(16-9)15-8-5-11(18)17(2)12(8)19/h6-8H,3-5H2,1-2H3,(H2,14,15,16). The van der Waals surface area contributed by atoms with Crippen molar-refractivity contribution in [2.45, 2.75) is 25.8 Å². The van der Waals surface area contributed by atoms with Crippen LogP contribution in [0, 0.1) is 0 Å². The van der Waals surface area contributed by atoms with Crippen molar-refractivity contribution in [2.75, 3.05) is 24.2 Å². The van der Waals surface area contributed by atoms with Crippen LogP contribution in [0.15, 0.2) is 12.4 Å². The predicted molar refractivity (Wildman–Crippen MR) is 70.6 cm³/mol. The normalized spacial score (nSPS) is 18.8. The molecule has 0 bridgehead atoms. The molecule has 2 heterocycles. The molecule has 7 heteroatoms. The molecule has 0 radical (unpaired) electrons. The molecule has 2 rings (SSSR count). The molecule has 1 aliphatic rings. The van der Waals surface area contributed by atoms with Gasteiger partial charge in [0.2, 0.25) is 5.91 Å². The van der Waals surface area contributed by atoms with Crippen LogP contribution in [0.5, 0.6) is 0 Å². The first-order chi connectivity index (χ1) is 9.11. The number of hydrogen-bond donors (Lipinski definition) is 2. The third-order valence-corrected chi connectivity index (χ3v) is 2.89. The molecule has 102 valence electrons. The minimum Gasteiger partial charge on any atom is -0.369 e. The highest BCUT2D eigenvalue weighted by Gasteiger charge is 2.36. The van der Waals surface area contributed by atoms with Crippen molar-refractivity contribution >= 4 is 23.5 Å². The van der Waals surface area contributed by atoms with E-state index in [1.54, 1.807) is 6.20 Å². The second-order valence-corrected chi connectivity index (χ2v) is 4.41. The first kappa shape index (κ1) is 13.3. The lowest BCUT2D eigenvalue weighted by atomic mass is 10.2. The first-order valence-corrected chi connectivity index (χ1v) is 6.24. The number of imide groups is 1. The summed E-state index contributed by atoms with van der Waals surface area (Å²) in [6.45, 7) is 2.86. The van der Waals surface area contributed by atoms with Gasteiger partial charge in [-0.05, 0) is 6.42 Å². The first-order valence-electron chi connectivity index (χ1n) is 6.24. The van der Waals surface area contributed by atoms with E-state index in [1.807, 2.05) is 0 Å². The van der Waals surface area contributed by atoms with Crippen molar-refractivity contribution < 1.29 is 9.59 Å². The van der Waals surface area contributed by atoms with Crippen LogP contribution in [0.3, 0.4) is 0 Å². The van der Waals surface area contributed by atoms with Gasteiger partial charge in [-0.15, -0.1) is 0 Å². The number of rotatable bonds is 5. The lowest BCUT2D eigenvalue weighted by Gasteiger charge is -2.12. The number of aromatic nitrogens is 2. The van der Waals surface area contributed by atoms with Crippen molar-refractivity contribution in [1.29, 1.82) is 0 Å². The van der Waals surface area contributed by atoms with E-state index in [9.17, 15) is 9.59 Å². The fourth-order valence-electron chi connectivity index (χ4n) is 1.82. The van der Waals surface area contributed by atoms with Gasteiger partial charge in [-0.25, -0.2) is 4.98 Å². The van der Waals surface area contributed by atoms with E-state index in [4.69, 9.17) is 0 Å². The molecular weight excluding hydrogens is 246 g/mol. The Labute approximate surface area is 111 Å². The van der Waals surface area contributed by atoms with E-state index in [1.165, 1.54) is 13.2 Å². The highest BCUT2D eigenvalue weighted by molar-refractivity contribution is 6.06. The molecule has 7 nitrogen and oxygen atoms in total. The van der Waals surface area contributed by atoms with Gasteiger partial charge in [-0.2, -0.15) is 0 Å². The minimum absolute atomic E-state index is 0.156. The molecule has 1 saturated heterocycles. The fraction of sp³-hybridized carbons (Fsp3) is 0.500. The highest BCUT2D eigenvalue weighted by atomic mass is 16.2. The monoisotopic (exact) mass is 263 g/mol. The van der Waals surface area contributed by atoms with Gasteiger partial charge in [0.25, 0.3) is 5.91 Å². The molecule has 1 atom stereocenters. The van der Waals surface area contributed by atoms with Gasteiger partial charge in [0.05, 0.1) is 18.8 Å². The zero-order chi connectivity index (χ0) is 13.8. The molecule has 1 unspecified atom stereocenters. The summed E-state index contributed by atoms with van der Waals surface area (Å²) in [7, 11) is 1.48. The molecule has 0 aromatic carbocycles. The molecule has 0 aliphatic carbocycles. The van der Waals surface area contributed by atoms with Crippen LogP contribution in [0.4, 0.5) is 11.6 Å². The van der Waals surface area contributed by atoms with E-state index < -0.39 is 6.04 Å². The summed E-state index contributed by atoms with van der Waals surface area (Å²) in [4.78, 5) is 32.6. The number of anilines is 2. The van der Waals surface area contributed by atoms with Crippen LogP contribution in [-0.2, 0) is 9.59 Å². The second-order valence-electron chi connectivity index (χ2n) is 4.41. The Morgan fingerprint density at radius 1 is 1.37 bits per heavy atom. The number of likely N-dealkylation sites (N-methyl/N-ethyl adjacent to an activating group) is 1. The van der Waals surface area contributed by atoms with E-state index in [2.05, 4.69) is 27.5 Å². The van der Waals surface area contributed by atoms with Gasteiger partial charge in [0.15, 0.2) is 0 Å². The average molecular weight is 263 g/mol. The summed E-state index contributed by atoms with van der Waals surface area (Å²) in [6, 6.07) is -0.548. The molecular formula is C12H17N5O2. The second kappa shape index (κ2) is 5.64. The Morgan fingerprint density at radius 3 is 2.74 bits per heavy atom. The summed E-state index contributed by atoms with van der Waals surface area (Å²) in [5.41, 5.74) is 0. The van der Waals surface area contributed by atoms with Gasteiger partial charge in [-0.3, -0.25) is 19.5 Å². The third kappa shape index (κ3) is 2.98. The molecule has 2 amide bonds. The van der Waals surface area contributed by atoms with E-state index in [0.29, 0.717) is 11.6 Å². The Balaban J connectivity index is 2.03.